The van der Waals surface area contributed by atoms with Crippen LogP contribution in [-0.4, -0.2) is 24.7 Å². The molecule has 5 nitrogen and oxygen atoms in total. The third kappa shape index (κ3) is 3.93. The molecule has 0 N–H and O–H groups in total. The Balaban J connectivity index is 1.61. The van der Waals surface area contributed by atoms with Crippen molar-refractivity contribution in [2.24, 2.45) is 0 Å². The lowest BCUT2D eigenvalue weighted by atomic mass is 10.2. The first kappa shape index (κ1) is 18.7. The van der Waals surface area contributed by atoms with Gasteiger partial charge >= 0.3 is 0 Å². The number of hydrogen-bond donors (Lipinski definition) is 0. The molecule has 0 aliphatic heterocycles. The van der Waals surface area contributed by atoms with Gasteiger partial charge in [-0.2, -0.15) is 5.10 Å². The number of hydrogen-bond acceptors (Lipinski definition) is 5. The lowest BCUT2D eigenvalue weighted by molar-refractivity contribution is 0.773. The minimum Gasteiger partial charge on any atom is -0.255 e. The third-order valence-corrected chi connectivity index (χ3v) is 5.89. The second kappa shape index (κ2) is 8.12. The SMILES string of the molecule is Cc1nn(-c2nccc(-c3ccccn3)n2)c(C)c1SCc1ccc(Cl)cc1. The first-order valence-corrected chi connectivity index (χ1v) is 10.2. The highest BCUT2D eigenvalue weighted by Crippen LogP contribution is 2.30. The smallest absolute Gasteiger partial charge is 0.251 e. The van der Waals surface area contributed by atoms with Crippen molar-refractivity contribution >= 4 is 23.4 Å². The lowest BCUT2D eigenvalue weighted by Gasteiger charge is -2.06. The van der Waals surface area contributed by atoms with Crippen molar-refractivity contribution in [3.05, 3.63) is 82.9 Å². The molecular formula is C21H18ClN5S. The molecule has 140 valence electrons. The van der Waals surface area contributed by atoms with Crippen LogP contribution in [0.3, 0.4) is 0 Å². The highest BCUT2D eigenvalue weighted by molar-refractivity contribution is 7.98. The van der Waals surface area contributed by atoms with Crippen LogP contribution < -0.4 is 0 Å². The number of aryl methyl sites for hydroxylation is 1. The fourth-order valence-corrected chi connectivity index (χ4v) is 4.05. The first-order valence-electron chi connectivity index (χ1n) is 8.80. The second-order valence-electron chi connectivity index (χ2n) is 6.28. The van der Waals surface area contributed by atoms with E-state index in [-0.39, 0.29) is 0 Å². The molecule has 0 fully saturated rings. The molecule has 0 atom stereocenters. The number of nitrogens with zero attached hydrogens (tertiary/aromatic N) is 5. The predicted molar refractivity (Wildman–Crippen MR) is 113 cm³/mol. The Labute approximate surface area is 172 Å². The standard InChI is InChI=1S/C21H18ClN5S/c1-14-20(28-13-16-6-8-17(22)9-7-16)15(2)27(26-14)21-24-12-10-19(25-21)18-5-3-4-11-23-18/h3-12H,13H2,1-2H3. The highest BCUT2D eigenvalue weighted by Gasteiger charge is 2.16. The average molecular weight is 408 g/mol. The van der Waals surface area contributed by atoms with Gasteiger partial charge in [-0.15, -0.1) is 11.8 Å². The van der Waals surface area contributed by atoms with E-state index in [1.807, 2.05) is 62.4 Å². The first-order chi connectivity index (χ1) is 13.6. The molecule has 0 bridgehead atoms. The van der Waals surface area contributed by atoms with Crippen LogP contribution in [-0.2, 0) is 5.75 Å². The van der Waals surface area contributed by atoms with E-state index in [2.05, 4.69) is 20.1 Å². The maximum atomic E-state index is 5.97. The monoisotopic (exact) mass is 407 g/mol. The summed E-state index contributed by atoms with van der Waals surface area (Å²) in [4.78, 5) is 14.6. The number of aromatic nitrogens is 5. The van der Waals surface area contributed by atoms with Crippen molar-refractivity contribution in [3.8, 4) is 17.3 Å². The zero-order valence-corrected chi connectivity index (χ0v) is 17.1. The maximum absolute atomic E-state index is 5.97. The van der Waals surface area contributed by atoms with Crippen LogP contribution in [0.5, 0.6) is 0 Å². The Kier molecular flexibility index (Phi) is 5.41. The van der Waals surface area contributed by atoms with E-state index in [1.165, 1.54) is 5.56 Å². The molecule has 0 aliphatic carbocycles. The molecule has 0 aliphatic rings. The summed E-state index contributed by atoms with van der Waals surface area (Å²) in [7, 11) is 0. The molecule has 1 aromatic carbocycles. The van der Waals surface area contributed by atoms with Crippen molar-refractivity contribution in [2.75, 3.05) is 0 Å². The molecular weight excluding hydrogens is 390 g/mol. The van der Waals surface area contributed by atoms with Crippen molar-refractivity contribution in [3.63, 3.8) is 0 Å². The molecule has 4 aromatic rings. The van der Waals surface area contributed by atoms with Crippen LogP contribution in [0.15, 0.2) is 65.8 Å². The Morgan fingerprint density at radius 3 is 2.50 bits per heavy atom. The van der Waals surface area contributed by atoms with E-state index in [0.717, 1.165) is 38.4 Å². The summed E-state index contributed by atoms with van der Waals surface area (Å²) >= 11 is 7.72. The average Bonchev–Trinajstić information content (AvgIpc) is 3.02. The Bertz CT molecular complexity index is 1090. The Morgan fingerprint density at radius 1 is 0.929 bits per heavy atom. The fraction of sp³-hybridized carbons (Fsp3) is 0.143. The van der Waals surface area contributed by atoms with E-state index in [9.17, 15) is 0 Å². The van der Waals surface area contributed by atoms with E-state index in [4.69, 9.17) is 11.6 Å². The van der Waals surface area contributed by atoms with Gasteiger partial charge in [0.05, 0.1) is 27.7 Å². The van der Waals surface area contributed by atoms with Gasteiger partial charge in [-0.25, -0.2) is 14.6 Å². The zero-order chi connectivity index (χ0) is 19.5. The molecule has 0 unspecified atom stereocenters. The van der Waals surface area contributed by atoms with Gasteiger partial charge in [-0.1, -0.05) is 29.8 Å². The molecule has 3 aromatic heterocycles. The van der Waals surface area contributed by atoms with Gasteiger partial charge in [0.15, 0.2) is 0 Å². The maximum Gasteiger partial charge on any atom is 0.251 e. The van der Waals surface area contributed by atoms with Crippen LogP contribution in [0.2, 0.25) is 5.02 Å². The van der Waals surface area contributed by atoms with Crippen LogP contribution >= 0.6 is 23.4 Å². The van der Waals surface area contributed by atoms with Crippen molar-refractivity contribution in [1.29, 1.82) is 0 Å². The lowest BCUT2D eigenvalue weighted by Crippen LogP contribution is -2.05. The van der Waals surface area contributed by atoms with Gasteiger partial charge in [0.2, 0.25) is 0 Å². The minimum atomic E-state index is 0.544. The Morgan fingerprint density at radius 2 is 1.75 bits per heavy atom. The van der Waals surface area contributed by atoms with Gasteiger partial charge in [0.25, 0.3) is 5.95 Å². The molecule has 0 saturated heterocycles. The van der Waals surface area contributed by atoms with Gasteiger partial charge in [-0.05, 0) is 49.7 Å². The molecule has 0 spiro atoms. The summed E-state index contributed by atoms with van der Waals surface area (Å²) < 4.78 is 1.80. The van der Waals surface area contributed by atoms with Crippen molar-refractivity contribution in [2.45, 2.75) is 24.5 Å². The molecule has 28 heavy (non-hydrogen) atoms. The van der Waals surface area contributed by atoms with Gasteiger partial charge in [0.1, 0.15) is 0 Å². The molecule has 3 heterocycles. The highest BCUT2D eigenvalue weighted by atomic mass is 35.5. The topological polar surface area (TPSA) is 56.5 Å². The fourth-order valence-electron chi connectivity index (χ4n) is 2.88. The number of benzene rings is 1. The molecule has 0 saturated carbocycles. The summed E-state index contributed by atoms with van der Waals surface area (Å²) in [5, 5.41) is 5.42. The summed E-state index contributed by atoms with van der Waals surface area (Å²) in [6, 6.07) is 15.5. The minimum absolute atomic E-state index is 0.544. The van der Waals surface area contributed by atoms with Crippen molar-refractivity contribution < 1.29 is 0 Å². The number of rotatable bonds is 5. The normalized spacial score (nSPS) is 11.0. The number of pyridine rings is 1. The molecule has 7 heteroatoms. The van der Waals surface area contributed by atoms with Crippen molar-refractivity contribution in [1.82, 2.24) is 24.7 Å². The largest absolute Gasteiger partial charge is 0.255 e. The Hall–Kier alpha value is -2.70. The number of halogens is 1. The van der Waals surface area contributed by atoms with Gasteiger partial charge in [0, 0.05) is 23.2 Å². The summed E-state index contributed by atoms with van der Waals surface area (Å²) in [5.41, 5.74) is 4.78. The van der Waals surface area contributed by atoms with E-state index < -0.39 is 0 Å². The third-order valence-electron chi connectivity index (χ3n) is 4.28. The molecule has 0 amide bonds. The molecule has 4 rings (SSSR count). The van der Waals surface area contributed by atoms with E-state index >= 15 is 0 Å². The summed E-state index contributed by atoms with van der Waals surface area (Å²) in [5.74, 6) is 1.39. The predicted octanol–water partition coefficient (Wildman–Crippen LogP) is 5.29. The van der Waals surface area contributed by atoms with E-state index in [1.54, 1.807) is 28.8 Å². The van der Waals surface area contributed by atoms with Gasteiger partial charge in [-0.3, -0.25) is 4.98 Å². The van der Waals surface area contributed by atoms with Crippen LogP contribution in [0.4, 0.5) is 0 Å². The van der Waals surface area contributed by atoms with Crippen LogP contribution in [0.1, 0.15) is 17.0 Å². The number of thioether (sulfide) groups is 1. The zero-order valence-electron chi connectivity index (χ0n) is 15.5. The van der Waals surface area contributed by atoms with Gasteiger partial charge < -0.3 is 0 Å². The quantitative estimate of drug-likeness (QED) is 0.421. The summed E-state index contributed by atoms with van der Waals surface area (Å²) in [6.07, 6.45) is 3.50. The van der Waals surface area contributed by atoms with E-state index in [0.29, 0.717) is 5.95 Å². The molecule has 0 radical (unpaired) electrons. The summed E-state index contributed by atoms with van der Waals surface area (Å²) in [6.45, 7) is 4.05. The van der Waals surface area contributed by atoms with Crippen LogP contribution in [0, 0.1) is 13.8 Å². The second-order valence-corrected chi connectivity index (χ2v) is 7.71. The van der Waals surface area contributed by atoms with Crippen LogP contribution in [0.25, 0.3) is 17.3 Å².